The van der Waals surface area contributed by atoms with Gasteiger partial charge in [-0.1, -0.05) is 12.1 Å². The smallest absolute Gasteiger partial charge is 0.149 e. The maximum absolute atomic E-state index is 9.48. The lowest BCUT2D eigenvalue weighted by Gasteiger charge is -2.03. The number of aromatic nitrogens is 2. The fraction of sp³-hybridized carbons (Fsp3) is 0.111. The molecule has 0 aliphatic heterocycles. The second kappa shape index (κ2) is 6.27. The maximum atomic E-state index is 9.48. The van der Waals surface area contributed by atoms with E-state index < -0.39 is 0 Å². The summed E-state index contributed by atoms with van der Waals surface area (Å²) >= 11 is 3.45. The van der Waals surface area contributed by atoms with Gasteiger partial charge in [-0.25, -0.2) is 4.98 Å². The summed E-state index contributed by atoms with van der Waals surface area (Å²) in [5, 5.41) is 9.48. The van der Waals surface area contributed by atoms with E-state index in [1.165, 1.54) is 0 Å². The van der Waals surface area contributed by atoms with E-state index in [9.17, 15) is 5.26 Å². The number of aromatic amines is 1. The number of allylic oxidation sites excluding steroid dienone is 1. The Bertz CT molecular complexity index is 951. The number of hydrogen-bond acceptors (Lipinski definition) is 3. The zero-order valence-corrected chi connectivity index (χ0v) is 14.3. The lowest BCUT2D eigenvalue weighted by atomic mass is 10.1. The van der Waals surface area contributed by atoms with Crippen LogP contribution in [0.5, 0.6) is 5.75 Å². The Hall–Kier alpha value is -2.58. The highest BCUT2D eigenvalue weighted by Crippen LogP contribution is 2.27. The van der Waals surface area contributed by atoms with Crippen molar-refractivity contribution in [3.05, 3.63) is 57.8 Å². The number of imidazole rings is 1. The maximum Gasteiger partial charge on any atom is 0.149 e. The van der Waals surface area contributed by atoms with Gasteiger partial charge in [0.1, 0.15) is 17.6 Å². The van der Waals surface area contributed by atoms with Gasteiger partial charge in [-0.3, -0.25) is 0 Å². The van der Waals surface area contributed by atoms with Crippen LogP contribution in [0.4, 0.5) is 0 Å². The quantitative estimate of drug-likeness (QED) is 0.682. The van der Waals surface area contributed by atoms with Crippen LogP contribution in [0, 0.1) is 18.3 Å². The molecule has 0 amide bonds. The first-order chi connectivity index (χ1) is 11.1. The Balaban J connectivity index is 2.04. The molecular formula is C18H14BrN3O. The van der Waals surface area contributed by atoms with Crippen LogP contribution < -0.4 is 4.74 Å². The van der Waals surface area contributed by atoms with Crippen LogP contribution in [0.1, 0.15) is 17.0 Å². The van der Waals surface area contributed by atoms with Crippen molar-refractivity contribution in [2.45, 2.75) is 6.92 Å². The normalized spacial score (nSPS) is 11.5. The van der Waals surface area contributed by atoms with Crippen molar-refractivity contribution < 1.29 is 4.74 Å². The highest BCUT2D eigenvalue weighted by atomic mass is 79.9. The van der Waals surface area contributed by atoms with Crippen molar-refractivity contribution in [3.63, 3.8) is 0 Å². The molecule has 3 aromatic rings. The first-order valence-corrected chi connectivity index (χ1v) is 7.82. The molecule has 0 saturated heterocycles. The number of nitrogens with zero attached hydrogens (tertiary/aromatic N) is 2. The minimum atomic E-state index is 0.482. The lowest BCUT2D eigenvalue weighted by Crippen LogP contribution is -1.87. The molecule has 3 rings (SSSR count). The number of ether oxygens (including phenoxy) is 1. The molecule has 0 unspecified atom stereocenters. The predicted octanol–water partition coefficient (Wildman–Crippen LogP) is 4.71. The third-order valence-corrected chi connectivity index (χ3v) is 4.12. The molecule has 1 N–H and O–H groups in total. The molecule has 0 spiro atoms. The van der Waals surface area contributed by atoms with Gasteiger partial charge in [-0.2, -0.15) is 5.26 Å². The molecule has 0 aliphatic carbocycles. The van der Waals surface area contributed by atoms with E-state index in [4.69, 9.17) is 4.74 Å². The van der Waals surface area contributed by atoms with Crippen molar-refractivity contribution in [1.29, 1.82) is 5.26 Å². The molecule has 0 radical (unpaired) electrons. The minimum Gasteiger partial charge on any atom is -0.496 e. The Morgan fingerprint density at radius 3 is 2.83 bits per heavy atom. The fourth-order valence-electron chi connectivity index (χ4n) is 2.34. The Morgan fingerprint density at radius 1 is 1.30 bits per heavy atom. The minimum absolute atomic E-state index is 0.482. The molecule has 114 valence electrons. The van der Waals surface area contributed by atoms with E-state index in [0.29, 0.717) is 11.4 Å². The second-order valence-corrected chi connectivity index (χ2v) is 6.02. The zero-order valence-electron chi connectivity index (χ0n) is 12.7. The molecule has 0 saturated carbocycles. The Labute approximate surface area is 142 Å². The first kappa shape index (κ1) is 15.3. The molecule has 2 aromatic carbocycles. The molecule has 0 fully saturated rings. The van der Waals surface area contributed by atoms with Gasteiger partial charge in [0.15, 0.2) is 0 Å². The summed E-state index contributed by atoms with van der Waals surface area (Å²) in [6.45, 7) is 2.02. The summed E-state index contributed by atoms with van der Waals surface area (Å²) < 4.78 is 6.06. The molecule has 23 heavy (non-hydrogen) atoms. The number of halogens is 1. The summed E-state index contributed by atoms with van der Waals surface area (Å²) in [5.41, 5.74) is 4.30. The molecule has 0 atom stereocenters. The standard InChI is InChI=1S/C18H14BrN3O/c1-11-3-5-15-16(7-11)22-18(21-15)13(10-20)8-12-4-6-17(23-2)14(19)9-12/h3-9H,1-2H3,(H,21,22)/b13-8-. The van der Waals surface area contributed by atoms with E-state index in [0.717, 1.165) is 32.4 Å². The molecule has 5 heteroatoms. The highest BCUT2D eigenvalue weighted by Gasteiger charge is 2.09. The molecule has 1 aromatic heterocycles. The number of aryl methyl sites for hydroxylation is 1. The summed E-state index contributed by atoms with van der Waals surface area (Å²) in [6.07, 6.45) is 1.80. The van der Waals surface area contributed by atoms with Crippen molar-refractivity contribution in [2.24, 2.45) is 0 Å². The third-order valence-electron chi connectivity index (χ3n) is 3.50. The van der Waals surface area contributed by atoms with Crippen LogP contribution in [0.3, 0.4) is 0 Å². The molecule has 0 bridgehead atoms. The van der Waals surface area contributed by atoms with E-state index in [2.05, 4.69) is 32.0 Å². The summed E-state index contributed by atoms with van der Waals surface area (Å²) in [6, 6.07) is 13.8. The molecule has 1 heterocycles. The van der Waals surface area contributed by atoms with E-state index in [1.807, 2.05) is 43.3 Å². The Morgan fingerprint density at radius 2 is 2.13 bits per heavy atom. The molecular weight excluding hydrogens is 354 g/mol. The van der Waals surface area contributed by atoms with Crippen molar-refractivity contribution >= 4 is 38.6 Å². The number of nitriles is 1. The highest BCUT2D eigenvalue weighted by molar-refractivity contribution is 9.10. The third kappa shape index (κ3) is 3.13. The van der Waals surface area contributed by atoms with Gasteiger partial charge in [0.25, 0.3) is 0 Å². The van der Waals surface area contributed by atoms with Crippen LogP contribution in [0.15, 0.2) is 40.9 Å². The number of H-pyrrole nitrogens is 1. The second-order valence-electron chi connectivity index (χ2n) is 5.17. The van der Waals surface area contributed by atoms with Crippen LogP contribution in [-0.2, 0) is 0 Å². The van der Waals surface area contributed by atoms with Crippen LogP contribution >= 0.6 is 15.9 Å². The van der Waals surface area contributed by atoms with Gasteiger partial charge in [0, 0.05) is 0 Å². The van der Waals surface area contributed by atoms with Crippen molar-refractivity contribution in [2.75, 3.05) is 7.11 Å². The largest absolute Gasteiger partial charge is 0.496 e. The van der Waals surface area contributed by atoms with Crippen molar-refractivity contribution in [1.82, 2.24) is 9.97 Å². The zero-order chi connectivity index (χ0) is 16.4. The van der Waals surface area contributed by atoms with Gasteiger partial charge >= 0.3 is 0 Å². The lowest BCUT2D eigenvalue weighted by molar-refractivity contribution is 0.412. The van der Waals surface area contributed by atoms with Crippen LogP contribution in [-0.4, -0.2) is 17.1 Å². The van der Waals surface area contributed by atoms with E-state index in [-0.39, 0.29) is 0 Å². The van der Waals surface area contributed by atoms with Gasteiger partial charge < -0.3 is 9.72 Å². The van der Waals surface area contributed by atoms with Gasteiger partial charge in [0.2, 0.25) is 0 Å². The van der Waals surface area contributed by atoms with Gasteiger partial charge in [-0.15, -0.1) is 0 Å². The van der Waals surface area contributed by atoms with Gasteiger partial charge in [-0.05, 0) is 64.3 Å². The topological polar surface area (TPSA) is 61.7 Å². The average Bonchev–Trinajstić information content (AvgIpc) is 2.95. The number of benzene rings is 2. The number of methoxy groups -OCH3 is 1. The monoisotopic (exact) mass is 367 g/mol. The molecule has 4 nitrogen and oxygen atoms in total. The first-order valence-electron chi connectivity index (χ1n) is 7.03. The van der Waals surface area contributed by atoms with Crippen LogP contribution in [0.2, 0.25) is 0 Å². The number of fused-ring (bicyclic) bond motifs is 1. The fourth-order valence-corrected chi connectivity index (χ4v) is 2.90. The predicted molar refractivity (Wildman–Crippen MR) is 95.0 cm³/mol. The van der Waals surface area contributed by atoms with Gasteiger partial charge in [0.05, 0.1) is 28.2 Å². The van der Waals surface area contributed by atoms with Crippen molar-refractivity contribution in [3.8, 4) is 11.8 Å². The Kier molecular flexibility index (Phi) is 4.18. The SMILES string of the molecule is COc1ccc(/C=C(/C#N)c2nc3ccc(C)cc3[nH]2)cc1Br. The summed E-state index contributed by atoms with van der Waals surface area (Å²) in [5.74, 6) is 1.32. The van der Waals surface area contributed by atoms with E-state index in [1.54, 1.807) is 13.2 Å². The van der Waals surface area contributed by atoms with E-state index >= 15 is 0 Å². The number of rotatable bonds is 3. The number of nitrogens with one attached hydrogen (secondary N) is 1. The number of hydrogen-bond donors (Lipinski definition) is 1. The summed E-state index contributed by atoms with van der Waals surface area (Å²) in [7, 11) is 1.62. The average molecular weight is 368 g/mol. The molecule has 0 aliphatic rings. The summed E-state index contributed by atoms with van der Waals surface area (Å²) in [4.78, 5) is 7.70. The van der Waals surface area contributed by atoms with Crippen LogP contribution in [0.25, 0.3) is 22.7 Å².